The summed E-state index contributed by atoms with van der Waals surface area (Å²) in [4.78, 5) is 12.2. The van der Waals surface area contributed by atoms with Crippen LogP contribution in [0, 0.1) is 0 Å². The van der Waals surface area contributed by atoms with Gasteiger partial charge in [0.15, 0.2) is 11.5 Å². The van der Waals surface area contributed by atoms with E-state index in [0.29, 0.717) is 22.3 Å². The molecule has 2 aromatic rings. The molecule has 0 saturated carbocycles. The fourth-order valence-electron chi connectivity index (χ4n) is 1.75. The maximum Gasteiger partial charge on any atom is 0.237 e. The molecule has 0 bridgehead atoms. The summed E-state index contributed by atoms with van der Waals surface area (Å²) in [6.07, 6.45) is 0. The lowest BCUT2D eigenvalue weighted by molar-refractivity contribution is -0.115. The van der Waals surface area contributed by atoms with Crippen molar-refractivity contribution in [3.63, 3.8) is 0 Å². The summed E-state index contributed by atoms with van der Waals surface area (Å²) in [6, 6.07) is 5.27. The van der Waals surface area contributed by atoms with Crippen LogP contribution in [0.1, 0.15) is 6.92 Å². The third-order valence-electron chi connectivity index (χ3n) is 2.87. The van der Waals surface area contributed by atoms with Crippen LogP contribution < -0.4 is 14.8 Å². The predicted octanol–water partition coefficient (Wildman–Crippen LogP) is 1.06. The van der Waals surface area contributed by atoms with Gasteiger partial charge in [-0.2, -0.15) is 0 Å². The number of ether oxygens (including phenoxy) is 2. The Balaban J connectivity index is 1.64. The molecule has 0 spiro atoms. The lowest BCUT2D eigenvalue weighted by atomic mass is 10.2. The Kier molecular flexibility index (Phi) is 3.65. The Bertz CT molecular complexity index is 675. The summed E-state index contributed by atoms with van der Waals surface area (Å²) in [5, 5.41) is 14.2. The summed E-state index contributed by atoms with van der Waals surface area (Å²) in [5.74, 6) is 1.17. The van der Waals surface area contributed by atoms with Crippen molar-refractivity contribution in [2.24, 2.45) is 7.05 Å². The van der Waals surface area contributed by atoms with Crippen LogP contribution >= 0.6 is 11.8 Å². The third kappa shape index (κ3) is 2.92. The smallest absolute Gasteiger partial charge is 0.237 e. The van der Waals surface area contributed by atoms with Crippen LogP contribution in [0.15, 0.2) is 23.4 Å². The van der Waals surface area contributed by atoms with Crippen molar-refractivity contribution in [2.45, 2.75) is 17.3 Å². The van der Waals surface area contributed by atoms with Gasteiger partial charge in [-0.05, 0) is 29.5 Å². The van der Waals surface area contributed by atoms with Crippen LogP contribution in [-0.4, -0.2) is 38.2 Å². The highest BCUT2D eigenvalue weighted by Crippen LogP contribution is 2.34. The number of thioether (sulfide) groups is 1. The summed E-state index contributed by atoms with van der Waals surface area (Å²) in [5.41, 5.74) is 0.660. The first-order valence-electron chi connectivity index (χ1n) is 6.23. The molecule has 1 aromatic carbocycles. The highest BCUT2D eigenvalue weighted by molar-refractivity contribution is 8.00. The van der Waals surface area contributed by atoms with Gasteiger partial charge >= 0.3 is 0 Å². The number of aryl methyl sites for hydroxylation is 1. The van der Waals surface area contributed by atoms with Crippen molar-refractivity contribution in [1.82, 2.24) is 20.2 Å². The second-order valence-corrected chi connectivity index (χ2v) is 5.71. The second-order valence-electron chi connectivity index (χ2n) is 4.40. The maximum absolute atomic E-state index is 12.2. The van der Waals surface area contributed by atoms with E-state index in [4.69, 9.17) is 9.47 Å². The van der Waals surface area contributed by atoms with Gasteiger partial charge in [0, 0.05) is 18.8 Å². The zero-order chi connectivity index (χ0) is 14.8. The SMILES string of the molecule is C[C@H](Sc1nnnn1C)C(=O)Nc1ccc2c(c1)OCO2. The Morgan fingerprint density at radius 3 is 3.00 bits per heavy atom. The van der Waals surface area contributed by atoms with Crippen molar-refractivity contribution < 1.29 is 14.3 Å². The molecule has 8 nitrogen and oxygen atoms in total. The van der Waals surface area contributed by atoms with Gasteiger partial charge in [-0.15, -0.1) is 5.10 Å². The molecule has 0 unspecified atom stereocenters. The molecule has 1 aliphatic rings. The van der Waals surface area contributed by atoms with Gasteiger partial charge in [0.25, 0.3) is 0 Å². The molecule has 0 aliphatic carbocycles. The van der Waals surface area contributed by atoms with Gasteiger partial charge in [-0.1, -0.05) is 11.8 Å². The number of aromatic nitrogens is 4. The van der Waals surface area contributed by atoms with Crippen molar-refractivity contribution in [3.8, 4) is 11.5 Å². The Morgan fingerprint density at radius 2 is 2.24 bits per heavy atom. The van der Waals surface area contributed by atoms with Crippen LogP contribution in [0.4, 0.5) is 5.69 Å². The van der Waals surface area contributed by atoms with E-state index in [1.807, 2.05) is 0 Å². The average Bonchev–Trinajstić information content (AvgIpc) is 3.07. The van der Waals surface area contributed by atoms with E-state index in [0.717, 1.165) is 0 Å². The quantitative estimate of drug-likeness (QED) is 0.844. The molecule has 2 heterocycles. The number of amides is 1. The molecule has 9 heteroatoms. The van der Waals surface area contributed by atoms with Gasteiger partial charge in [0.1, 0.15) is 0 Å². The van der Waals surface area contributed by atoms with E-state index >= 15 is 0 Å². The monoisotopic (exact) mass is 307 g/mol. The first-order valence-corrected chi connectivity index (χ1v) is 7.11. The van der Waals surface area contributed by atoms with Gasteiger partial charge in [0.2, 0.25) is 17.9 Å². The zero-order valence-corrected chi connectivity index (χ0v) is 12.3. The Hall–Kier alpha value is -2.29. The molecular formula is C12H13N5O3S. The molecular weight excluding hydrogens is 294 g/mol. The number of carbonyl (C=O) groups is 1. The second kappa shape index (κ2) is 5.60. The molecule has 1 atom stereocenters. The number of benzene rings is 1. The number of rotatable bonds is 4. The number of nitrogens with one attached hydrogen (secondary N) is 1. The zero-order valence-electron chi connectivity index (χ0n) is 11.4. The summed E-state index contributed by atoms with van der Waals surface area (Å²) in [7, 11) is 1.73. The minimum atomic E-state index is -0.333. The molecule has 3 rings (SSSR count). The van der Waals surface area contributed by atoms with Crippen LogP contribution in [-0.2, 0) is 11.8 Å². The molecule has 0 radical (unpaired) electrons. The van der Waals surface area contributed by atoms with Crippen LogP contribution in [0.3, 0.4) is 0 Å². The first-order chi connectivity index (χ1) is 10.1. The highest BCUT2D eigenvalue weighted by Gasteiger charge is 2.19. The van der Waals surface area contributed by atoms with E-state index < -0.39 is 0 Å². The molecule has 1 N–H and O–H groups in total. The molecule has 0 saturated heterocycles. The predicted molar refractivity (Wildman–Crippen MR) is 75.3 cm³/mol. The van der Waals surface area contributed by atoms with E-state index in [2.05, 4.69) is 20.8 Å². The van der Waals surface area contributed by atoms with Crippen molar-refractivity contribution in [1.29, 1.82) is 0 Å². The van der Waals surface area contributed by atoms with Crippen molar-refractivity contribution >= 4 is 23.4 Å². The highest BCUT2D eigenvalue weighted by atomic mass is 32.2. The molecule has 110 valence electrons. The lowest BCUT2D eigenvalue weighted by Gasteiger charge is -2.11. The minimum Gasteiger partial charge on any atom is -0.454 e. The van der Waals surface area contributed by atoms with Gasteiger partial charge in [-0.3, -0.25) is 4.79 Å². The van der Waals surface area contributed by atoms with Crippen LogP contribution in [0.25, 0.3) is 0 Å². The van der Waals surface area contributed by atoms with Gasteiger partial charge < -0.3 is 14.8 Å². The van der Waals surface area contributed by atoms with E-state index in [1.54, 1.807) is 32.2 Å². The number of hydrogen-bond acceptors (Lipinski definition) is 7. The minimum absolute atomic E-state index is 0.137. The standard InChI is InChI=1S/C12H13N5O3S/c1-7(21-12-14-15-16-17(12)2)11(18)13-8-3-4-9-10(5-8)20-6-19-9/h3-5,7H,6H2,1-2H3,(H,13,18)/t7-/m0/s1. The largest absolute Gasteiger partial charge is 0.454 e. The molecule has 1 aromatic heterocycles. The van der Waals surface area contributed by atoms with E-state index in [9.17, 15) is 4.79 Å². The maximum atomic E-state index is 12.2. The summed E-state index contributed by atoms with van der Waals surface area (Å²) < 4.78 is 12.0. The van der Waals surface area contributed by atoms with E-state index in [1.165, 1.54) is 16.4 Å². The summed E-state index contributed by atoms with van der Waals surface area (Å²) >= 11 is 1.29. The van der Waals surface area contributed by atoms with Crippen LogP contribution in [0.2, 0.25) is 0 Å². The normalized spacial score (nSPS) is 14.0. The fourth-order valence-corrected chi connectivity index (χ4v) is 2.51. The number of anilines is 1. The number of hydrogen-bond donors (Lipinski definition) is 1. The fraction of sp³-hybridized carbons (Fsp3) is 0.333. The van der Waals surface area contributed by atoms with Gasteiger partial charge in [0.05, 0.1) is 5.25 Å². The number of carbonyl (C=O) groups excluding carboxylic acids is 1. The van der Waals surface area contributed by atoms with Gasteiger partial charge in [-0.25, -0.2) is 4.68 Å². The molecule has 21 heavy (non-hydrogen) atoms. The molecule has 1 aliphatic heterocycles. The Labute approximate surface area is 124 Å². The van der Waals surface area contributed by atoms with Crippen molar-refractivity contribution in [3.05, 3.63) is 18.2 Å². The lowest BCUT2D eigenvalue weighted by Crippen LogP contribution is -2.22. The Morgan fingerprint density at radius 1 is 1.43 bits per heavy atom. The third-order valence-corrected chi connectivity index (χ3v) is 4.00. The number of nitrogens with zero attached hydrogens (tertiary/aromatic N) is 4. The average molecular weight is 307 g/mol. The van der Waals surface area contributed by atoms with E-state index in [-0.39, 0.29) is 18.0 Å². The summed E-state index contributed by atoms with van der Waals surface area (Å²) in [6.45, 7) is 2.00. The molecule has 1 amide bonds. The number of tetrazole rings is 1. The topological polar surface area (TPSA) is 91.2 Å². The number of fused-ring (bicyclic) bond motifs is 1. The first kappa shape index (κ1) is 13.7. The van der Waals surface area contributed by atoms with Crippen LogP contribution in [0.5, 0.6) is 11.5 Å². The van der Waals surface area contributed by atoms with Crippen molar-refractivity contribution in [2.75, 3.05) is 12.1 Å². The molecule has 0 fully saturated rings.